The molecule has 0 amide bonds. The van der Waals surface area contributed by atoms with Crippen LogP contribution in [0.25, 0.3) is 11.1 Å². The zero-order valence-electron chi connectivity index (χ0n) is 22.2. The van der Waals surface area contributed by atoms with Crippen molar-refractivity contribution in [1.29, 1.82) is 0 Å². The van der Waals surface area contributed by atoms with Gasteiger partial charge >= 0.3 is 5.97 Å². The summed E-state index contributed by atoms with van der Waals surface area (Å²) in [4.78, 5) is 15.4. The lowest BCUT2D eigenvalue weighted by atomic mass is 9.68. The number of hydrogen-bond donors (Lipinski definition) is 2. The highest BCUT2D eigenvalue weighted by molar-refractivity contribution is 5.72. The highest BCUT2D eigenvalue weighted by Gasteiger charge is 2.33. The van der Waals surface area contributed by atoms with E-state index in [1.807, 2.05) is 6.07 Å². The van der Waals surface area contributed by atoms with Gasteiger partial charge in [0.2, 0.25) is 0 Å². The molecule has 4 rings (SSSR count). The molecule has 1 saturated carbocycles. The molecule has 0 unspecified atom stereocenters. The Hall–Kier alpha value is -3.42. The predicted molar refractivity (Wildman–Crippen MR) is 148 cm³/mol. The van der Waals surface area contributed by atoms with Crippen LogP contribution < -0.4 is 0 Å². The number of carboxylic acid groups (broad SMARTS) is 1. The first kappa shape index (κ1) is 26.6. The number of nitrogens with zero attached hydrogens (tertiary/aromatic N) is 1. The van der Waals surface area contributed by atoms with Gasteiger partial charge in [-0.05, 0) is 79.3 Å². The third-order valence-corrected chi connectivity index (χ3v) is 8.02. The largest absolute Gasteiger partial charge is 0.481 e. The van der Waals surface area contributed by atoms with Crippen LogP contribution in [0.4, 0.5) is 0 Å². The molecule has 192 valence electrons. The second-order valence-electron chi connectivity index (χ2n) is 10.4. The van der Waals surface area contributed by atoms with E-state index in [1.165, 1.54) is 17.5 Å². The second-order valence-corrected chi connectivity index (χ2v) is 10.4. The number of pyridine rings is 1. The number of carbonyl (C=O) groups is 1. The Labute approximate surface area is 220 Å². The first-order valence-electron chi connectivity index (χ1n) is 13.4. The fourth-order valence-corrected chi connectivity index (χ4v) is 5.77. The number of aryl methyl sites for hydroxylation is 1. The maximum absolute atomic E-state index is 11.1. The van der Waals surface area contributed by atoms with Crippen molar-refractivity contribution in [2.45, 2.75) is 83.2 Å². The molecule has 4 nitrogen and oxygen atoms in total. The first-order valence-corrected chi connectivity index (χ1v) is 13.4. The van der Waals surface area contributed by atoms with Crippen molar-refractivity contribution in [3.8, 4) is 23.0 Å². The number of aliphatic carboxylic acids is 1. The first-order chi connectivity index (χ1) is 17.8. The minimum absolute atomic E-state index is 0.0417. The molecule has 0 saturated heterocycles. The predicted octanol–water partition coefficient (Wildman–Crippen LogP) is 6.84. The summed E-state index contributed by atoms with van der Waals surface area (Å²) in [6, 6.07) is 16.9. The topological polar surface area (TPSA) is 70.4 Å². The molecule has 4 heteroatoms. The van der Waals surface area contributed by atoms with Crippen LogP contribution in [0.15, 0.2) is 60.9 Å². The van der Waals surface area contributed by atoms with Crippen LogP contribution in [-0.4, -0.2) is 26.8 Å². The van der Waals surface area contributed by atoms with Gasteiger partial charge in [-0.25, -0.2) is 0 Å². The summed E-state index contributed by atoms with van der Waals surface area (Å²) >= 11 is 0. The van der Waals surface area contributed by atoms with Crippen LogP contribution in [0.2, 0.25) is 0 Å². The number of aromatic nitrogens is 1. The third kappa shape index (κ3) is 5.78. The minimum atomic E-state index is -0.885. The van der Waals surface area contributed by atoms with Crippen LogP contribution in [0, 0.1) is 18.8 Å². The molecule has 3 aromatic rings. The van der Waals surface area contributed by atoms with Crippen molar-refractivity contribution in [2.75, 3.05) is 0 Å². The highest BCUT2D eigenvalue weighted by Crippen LogP contribution is 2.42. The molecule has 37 heavy (non-hydrogen) atoms. The molecule has 0 bridgehead atoms. The lowest BCUT2D eigenvalue weighted by Gasteiger charge is -2.35. The minimum Gasteiger partial charge on any atom is -0.481 e. The van der Waals surface area contributed by atoms with Crippen molar-refractivity contribution in [3.05, 3.63) is 88.7 Å². The molecule has 0 spiro atoms. The summed E-state index contributed by atoms with van der Waals surface area (Å²) < 4.78 is 0. The maximum atomic E-state index is 11.1. The van der Waals surface area contributed by atoms with Gasteiger partial charge < -0.3 is 10.2 Å². The Morgan fingerprint density at radius 1 is 1.00 bits per heavy atom. The smallest absolute Gasteiger partial charge is 0.307 e. The van der Waals surface area contributed by atoms with E-state index >= 15 is 0 Å². The van der Waals surface area contributed by atoms with Crippen molar-refractivity contribution in [3.63, 3.8) is 0 Å². The molecule has 0 radical (unpaired) electrons. The summed E-state index contributed by atoms with van der Waals surface area (Å²) in [5, 5.41) is 20.2. The molecular formula is C33H37NO3. The summed E-state index contributed by atoms with van der Waals surface area (Å²) in [5.41, 5.74) is 6.10. The molecule has 1 aliphatic carbocycles. The number of aliphatic hydroxyl groups is 1. The lowest BCUT2D eigenvalue weighted by molar-refractivity contribution is -0.136. The number of rotatable bonds is 7. The van der Waals surface area contributed by atoms with Crippen molar-refractivity contribution < 1.29 is 15.0 Å². The van der Waals surface area contributed by atoms with E-state index in [0.29, 0.717) is 5.56 Å². The summed E-state index contributed by atoms with van der Waals surface area (Å²) in [5.74, 6) is 5.85. The molecule has 1 aliphatic rings. The van der Waals surface area contributed by atoms with Crippen LogP contribution in [0.1, 0.15) is 86.6 Å². The molecule has 1 fully saturated rings. The van der Waals surface area contributed by atoms with Gasteiger partial charge in [-0.3, -0.25) is 9.78 Å². The van der Waals surface area contributed by atoms with E-state index in [0.717, 1.165) is 60.8 Å². The van der Waals surface area contributed by atoms with E-state index < -0.39 is 11.6 Å². The van der Waals surface area contributed by atoms with Crippen LogP contribution in [0.5, 0.6) is 0 Å². The van der Waals surface area contributed by atoms with E-state index in [9.17, 15) is 9.90 Å². The van der Waals surface area contributed by atoms with Gasteiger partial charge in [-0.2, -0.15) is 0 Å². The van der Waals surface area contributed by atoms with E-state index in [2.05, 4.69) is 80.1 Å². The average molecular weight is 496 g/mol. The number of hydrogen-bond acceptors (Lipinski definition) is 3. The van der Waals surface area contributed by atoms with Gasteiger partial charge in [0.15, 0.2) is 0 Å². The van der Waals surface area contributed by atoms with Crippen molar-refractivity contribution in [2.24, 2.45) is 0 Å². The Kier molecular flexibility index (Phi) is 8.15. The molecule has 2 N–H and O–H groups in total. The van der Waals surface area contributed by atoms with Crippen LogP contribution in [-0.2, 0) is 16.6 Å². The normalized spacial score (nSPS) is 15.0. The second kappa shape index (κ2) is 11.3. The van der Waals surface area contributed by atoms with Gasteiger partial charge in [-0.15, -0.1) is 0 Å². The Morgan fingerprint density at radius 3 is 2.35 bits per heavy atom. The van der Waals surface area contributed by atoms with Gasteiger partial charge in [0, 0.05) is 28.9 Å². The third-order valence-electron chi connectivity index (χ3n) is 8.02. The Bertz CT molecular complexity index is 1300. The molecule has 2 aromatic carbocycles. The molecule has 1 aromatic heterocycles. The number of benzene rings is 2. The monoisotopic (exact) mass is 495 g/mol. The fraction of sp³-hybridized carbons (Fsp3) is 0.394. The van der Waals surface area contributed by atoms with Gasteiger partial charge in [-0.1, -0.05) is 74.6 Å². The zero-order chi connectivity index (χ0) is 26.5. The Balaban J connectivity index is 1.74. The average Bonchev–Trinajstić information content (AvgIpc) is 2.90. The van der Waals surface area contributed by atoms with E-state index in [1.54, 1.807) is 12.4 Å². The summed E-state index contributed by atoms with van der Waals surface area (Å²) in [6.45, 7) is 6.56. The molecule has 1 heterocycles. The Morgan fingerprint density at radius 2 is 1.70 bits per heavy atom. The van der Waals surface area contributed by atoms with E-state index in [4.69, 9.17) is 5.11 Å². The highest BCUT2D eigenvalue weighted by atomic mass is 16.4. The molecule has 0 atom stereocenters. The quantitative estimate of drug-likeness (QED) is 0.352. The van der Waals surface area contributed by atoms with Gasteiger partial charge in [0.05, 0.1) is 6.42 Å². The number of carboxylic acids is 1. The standard InChI is InChI=1S/C33H37NO3/c1-4-33(5-2,28-14-12-26(13-15-28)27-20-25(21-31(35)36)22-34-23-27)30-11-9-10-24(3)29(30)16-19-32(37)17-7-6-8-18-32/h9-15,20,22-23,37H,4-8,17-18,21H2,1-3H3,(H,35,36). The summed E-state index contributed by atoms with van der Waals surface area (Å²) in [6.07, 6.45) is 9.90. The zero-order valence-corrected chi connectivity index (χ0v) is 22.2. The van der Waals surface area contributed by atoms with Gasteiger partial charge in [0.25, 0.3) is 0 Å². The SMILES string of the molecule is CCC(CC)(c1ccc(-c2cncc(CC(=O)O)c2)cc1)c1cccc(C)c1C#CC1(O)CCCCC1. The lowest BCUT2D eigenvalue weighted by Crippen LogP contribution is -2.30. The summed E-state index contributed by atoms with van der Waals surface area (Å²) in [7, 11) is 0. The van der Waals surface area contributed by atoms with Crippen LogP contribution in [0.3, 0.4) is 0 Å². The van der Waals surface area contributed by atoms with Gasteiger partial charge in [0.1, 0.15) is 5.60 Å². The van der Waals surface area contributed by atoms with Crippen molar-refractivity contribution >= 4 is 5.97 Å². The van der Waals surface area contributed by atoms with Crippen molar-refractivity contribution in [1.82, 2.24) is 4.98 Å². The van der Waals surface area contributed by atoms with E-state index in [-0.39, 0.29) is 11.8 Å². The molecule has 0 aliphatic heterocycles. The maximum Gasteiger partial charge on any atom is 0.307 e. The fourth-order valence-electron chi connectivity index (χ4n) is 5.77. The van der Waals surface area contributed by atoms with Crippen LogP contribution >= 0.6 is 0 Å². The molecular weight excluding hydrogens is 458 g/mol.